The van der Waals surface area contributed by atoms with Gasteiger partial charge in [-0.25, -0.2) is 0 Å². The number of rotatable bonds is 30. The molecule has 0 aromatic carbocycles. The van der Waals surface area contributed by atoms with Crippen molar-refractivity contribution in [3.63, 3.8) is 0 Å². The van der Waals surface area contributed by atoms with E-state index in [1.807, 2.05) is 0 Å². The lowest BCUT2D eigenvalue weighted by Crippen LogP contribution is -2.38. The van der Waals surface area contributed by atoms with Crippen LogP contribution in [0.2, 0.25) is 0 Å². The normalized spacial score (nSPS) is 28.9. The first-order chi connectivity index (χ1) is 23.1. The first-order valence-electron chi connectivity index (χ1n) is 20.4. The predicted molar refractivity (Wildman–Crippen MR) is 186 cm³/mol. The maximum atomic E-state index is 13.1. The highest BCUT2D eigenvalue weighted by Gasteiger charge is 2.54. The molecule has 3 heterocycles. The minimum absolute atomic E-state index is 0.0835. The SMILES string of the molecule is CCCCCCCCCCCCC1OC1CCOC(=O)C1CC2OC2CC1C(=O)OCCC1OC1CCCCCCCCCCCC. The van der Waals surface area contributed by atoms with E-state index in [0.717, 1.165) is 25.7 Å². The number of hydrogen-bond donors (Lipinski definition) is 0. The summed E-state index contributed by atoms with van der Waals surface area (Å²) in [7, 11) is 0. The summed E-state index contributed by atoms with van der Waals surface area (Å²) in [4.78, 5) is 26.1. The van der Waals surface area contributed by atoms with Gasteiger partial charge in [-0.3, -0.25) is 9.59 Å². The van der Waals surface area contributed by atoms with Crippen LogP contribution >= 0.6 is 0 Å². The summed E-state index contributed by atoms with van der Waals surface area (Å²) in [5, 5.41) is 0. The summed E-state index contributed by atoms with van der Waals surface area (Å²) in [5.74, 6) is -1.52. The van der Waals surface area contributed by atoms with Gasteiger partial charge in [-0.2, -0.15) is 0 Å². The van der Waals surface area contributed by atoms with Crippen LogP contribution in [-0.4, -0.2) is 61.8 Å². The third-order valence-corrected chi connectivity index (χ3v) is 11.1. The summed E-state index contributed by atoms with van der Waals surface area (Å²) in [5.41, 5.74) is 0. The van der Waals surface area contributed by atoms with Crippen LogP contribution in [0.1, 0.15) is 181 Å². The third-order valence-electron chi connectivity index (χ3n) is 11.1. The van der Waals surface area contributed by atoms with Crippen molar-refractivity contribution < 1.29 is 33.3 Å². The zero-order chi connectivity index (χ0) is 33.1. The molecule has 8 unspecified atom stereocenters. The molecule has 272 valence electrons. The van der Waals surface area contributed by atoms with Crippen molar-refractivity contribution in [3.8, 4) is 0 Å². The lowest BCUT2D eigenvalue weighted by Gasteiger charge is -2.26. The van der Waals surface area contributed by atoms with E-state index in [-0.39, 0.29) is 36.4 Å². The summed E-state index contributed by atoms with van der Waals surface area (Å²) in [6.07, 6.45) is 32.9. The number of hydrogen-bond acceptors (Lipinski definition) is 7. The predicted octanol–water partition coefficient (Wildman–Crippen LogP) is 9.80. The van der Waals surface area contributed by atoms with E-state index in [0.29, 0.717) is 38.3 Å². The third kappa shape index (κ3) is 15.5. The molecule has 4 rings (SSSR count). The zero-order valence-electron chi connectivity index (χ0n) is 30.3. The topological polar surface area (TPSA) is 90.2 Å². The molecular formula is C40H70O7. The molecule has 0 radical (unpaired) electrons. The van der Waals surface area contributed by atoms with E-state index in [1.54, 1.807) is 0 Å². The van der Waals surface area contributed by atoms with Crippen LogP contribution in [0.25, 0.3) is 0 Å². The van der Waals surface area contributed by atoms with Crippen molar-refractivity contribution in [1.82, 2.24) is 0 Å². The summed E-state index contributed by atoms with van der Waals surface area (Å²) in [6, 6.07) is 0. The summed E-state index contributed by atoms with van der Waals surface area (Å²) >= 11 is 0. The average molecular weight is 663 g/mol. The Morgan fingerprint density at radius 2 is 0.766 bits per heavy atom. The van der Waals surface area contributed by atoms with Gasteiger partial charge < -0.3 is 23.7 Å². The number of esters is 2. The Kier molecular flexibility index (Phi) is 18.5. The molecule has 0 bridgehead atoms. The highest BCUT2D eigenvalue weighted by molar-refractivity contribution is 5.82. The molecule has 1 aliphatic carbocycles. The maximum Gasteiger partial charge on any atom is 0.309 e. The number of ether oxygens (including phenoxy) is 5. The van der Waals surface area contributed by atoms with Gasteiger partial charge >= 0.3 is 11.9 Å². The van der Waals surface area contributed by atoms with E-state index in [4.69, 9.17) is 23.7 Å². The van der Waals surface area contributed by atoms with Gasteiger partial charge in [-0.15, -0.1) is 0 Å². The molecule has 47 heavy (non-hydrogen) atoms. The number of carbonyl (C=O) groups is 2. The van der Waals surface area contributed by atoms with Gasteiger partial charge in [0.05, 0.1) is 61.7 Å². The molecule has 3 aliphatic heterocycles. The Balaban J connectivity index is 0.981. The van der Waals surface area contributed by atoms with Crippen molar-refractivity contribution in [2.45, 2.75) is 217 Å². The van der Waals surface area contributed by atoms with Crippen LogP contribution in [-0.2, 0) is 33.3 Å². The number of unbranched alkanes of at least 4 members (excludes halogenated alkanes) is 18. The van der Waals surface area contributed by atoms with Gasteiger partial charge in [0.1, 0.15) is 0 Å². The Labute approximate surface area is 287 Å². The van der Waals surface area contributed by atoms with Crippen LogP contribution in [0.15, 0.2) is 0 Å². The second-order valence-electron chi connectivity index (χ2n) is 15.2. The van der Waals surface area contributed by atoms with E-state index < -0.39 is 11.8 Å². The highest BCUT2D eigenvalue weighted by Crippen LogP contribution is 2.44. The molecule has 0 aromatic heterocycles. The minimum Gasteiger partial charge on any atom is -0.465 e. The largest absolute Gasteiger partial charge is 0.465 e. The number of carbonyl (C=O) groups excluding carboxylic acids is 2. The van der Waals surface area contributed by atoms with Crippen LogP contribution in [0.3, 0.4) is 0 Å². The van der Waals surface area contributed by atoms with E-state index in [1.165, 1.54) is 128 Å². The lowest BCUT2D eigenvalue weighted by atomic mass is 9.79. The average Bonchev–Trinajstić information content (AvgIpc) is 3.99. The molecule has 0 N–H and O–H groups in total. The molecule has 3 saturated heterocycles. The van der Waals surface area contributed by atoms with Gasteiger partial charge in [-0.1, -0.05) is 142 Å². The van der Waals surface area contributed by atoms with Crippen LogP contribution in [0.5, 0.6) is 0 Å². The fourth-order valence-corrected chi connectivity index (χ4v) is 7.75. The Morgan fingerprint density at radius 1 is 0.447 bits per heavy atom. The summed E-state index contributed by atoms with van der Waals surface area (Å²) < 4.78 is 28.8. The van der Waals surface area contributed by atoms with Gasteiger partial charge in [0.15, 0.2) is 0 Å². The summed E-state index contributed by atoms with van der Waals surface area (Å²) in [6.45, 7) is 5.24. The van der Waals surface area contributed by atoms with Crippen molar-refractivity contribution in [3.05, 3.63) is 0 Å². The van der Waals surface area contributed by atoms with Crippen molar-refractivity contribution in [1.29, 1.82) is 0 Å². The first kappa shape index (κ1) is 38.6. The first-order valence-corrected chi connectivity index (χ1v) is 20.4. The smallest absolute Gasteiger partial charge is 0.309 e. The van der Waals surface area contributed by atoms with E-state index in [2.05, 4.69) is 13.8 Å². The highest BCUT2D eigenvalue weighted by atomic mass is 16.6. The van der Waals surface area contributed by atoms with Crippen LogP contribution in [0.4, 0.5) is 0 Å². The number of fused-ring (bicyclic) bond motifs is 1. The Bertz CT molecular complexity index is 796. The zero-order valence-corrected chi connectivity index (χ0v) is 30.3. The second kappa shape index (κ2) is 22.5. The second-order valence-corrected chi connectivity index (χ2v) is 15.2. The van der Waals surface area contributed by atoms with Crippen molar-refractivity contribution in [2.75, 3.05) is 13.2 Å². The lowest BCUT2D eigenvalue weighted by molar-refractivity contribution is -0.162. The number of epoxide rings is 3. The minimum atomic E-state index is -0.477. The standard InChI is InChI=1S/C40H70O7/c1-3-5-7-9-11-13-15-17-19-21-23-33-35(45-33)25-27-43-39(41)31-29-37-38(47-37)30-32(31)40(42)44-28-26-36-34(46-36)24-22-20-18-16-14-12-10-8-6-4-2/h31-38H,3-30H2,1-2H3. The van der Waals surface area contributed by atoms with E-state index in [9.17, 15) is 9.59 Å². The monoisotopic (exact) mass is 663 g/mol. The molecule has 4 aliphatic rings. The molecule has 8 atom stereocenters. The van der Waals surface area contributed by atoms with Crippen molar-refractivity contribution in [2.24, 2.45) is 11.8 Å². The van der Waals surface area contributed by atoms with Gasteiger partial charge in [0.25, 0.3) is 0 Å². The molecule has 1 saturated carbocycles. The Hall–Kier alpha value is -1.18. The molecule has 7 nitrogen and oxygen atoms in total. The quantitative estimate of drug-likeness (QED) is 0.0430. The van der Waals surface area contributed by atoms with Gasteiger partial charge in [0, 0.05) is 12.8 Å². The fourth-order valence-electron chi connectivity index (χ4n) is 7.75. The molecule has 0 spiro atoms. The van der Waals surface area contributed by atoms with Crippen LogP contribution in [0, 0.1) is 11.8 Å². The Morgan fingerprint density at radius 3 is 1.13 bits per heavy atom. The molecule has 4 fully saturated rings. The molecular weight excluding hydrogens is 592 g/mol. The van der Waals surface area contributed by atoms with Gasteiger partial charge in [-0.05, 0) is 25.7 Å². The maximum absolute atomic E-state index is 13.1. The molecule has 0 aromatic rings. The fraction of sp³-hybridized carbons (Fsp3) is 0.950. The van der Waals surface area contributed by atoms with Crippen LogP contribution < -0.4 is 0 Å². The van der Waals surface area contributed by atoms with Gasteiger partial charge in [0.2, 0.25) is 0 Å². The molecule has 0 amide bonds. The molecule has 7 heteroatoms. The van der Waals surface area contributed by atoms with Crippen molar-refractivity contribution >= 4 is 11.9 Å². The van der Waals surface area contributed by atoms with E-state index >= 15 is 0 Å².